The summed E-state index contributed by atoms with van der Waals surface area (Å²) in [5.41, 5.74) is 3.01. The predicted molar refractivity (Wildman–Crippen MR) is 138 cm³/mol. The molecule has 4 amide bonds. The lowest BCUT2D eigenvalue weighted by Crippen LogP contribution is -2.40. The van der Waals surface area contributed by atoms with Crippen molar-refractivity contribution in [3.05, 3.63) is 76.3 Å². The first-order chi connectivity index (χ1) is 16.4. The highest BCUT2D eigenvalue weighted by Gasteiger charge is 2.49. The summed E-state index contributed by atoms with van der Waals surface area (Å²) >= 11 is 1.30. The molecule has 0 saturated carbocycles. The number of hydrogen-bond donors (Lipinski definition) is 1. The van der Waals surface area contributed by atoms with Gasteiger partial charge in [-0.05, 0) is 48.1 Å². The highest BCUT2D eigenvalue weighted by Crippen LogP contribution is 2.33. The highest BCUT2D eigenvalue weighted by atomic mass is 32.1. The van der Waals surface area contributed by atoms with Crippen LogP contribution in [-0.2, 0) is 27.1 Å². The lowest BCUT2D eigenvalue weighted by atomic mass is 9.84. The van der Waals surface area contributed by atoms with Gasteiger partial charge in [0.25, 0.3) is 5.91 Å². The molecule has 182 valence electrons. The van der Waals surface area contributed by atoms with Crippen LogP contribution in [-0.4, -0.2) is 27.7 Å². The first-order valence-electron chi connectivity index (χ1n) is 11.5. The van der Waals surface area contributed by atoms with Crippen LogP contribution in [0.25, 0.3) is 0 Å². The maximum atomic E-state index is 13.4. The van der Waals surface area contributed by atoms with Crippen molar-refractivity contribution in [2.75, 3.05) is 4.90 Å². The van der Waals surface area contributed by atoms with E-state index in [1.54, 1.807) is 12.3 Å². The molecule has 0 bridgehead atoms. The number of benzene rings is 2. The lowest BCUT2D eigenvalue weighted by Gasteiger charge is -2.24. The minimum Gasteiger partial charge on any atom is -0.319 e. The zero-order valence-electron chi connectivity index (χ0n) is 20.9. The minimum absolute atomic E-state index is 0.0110. The second-order valence-corrected chi connectivity index (χ2v) is 10.9. The summed E-state index contributed by atoms with van der Waals surface area (Å²) in [7, 11) is 0. The van der Waals surface area contributed by atoms with Crippen LogP contribution in [0.3, 0.4) is 0 Å². The Morgan fingerprint density at radius 2 is 1.83 bits per heavy atom. The van der Waals surface area contributed by atoms with E-state index in [0.29, 0.717) is 10.8 Å². The number of anilines is 2. The second-order valence-electron chi connectivity index (χ2n) is 10.1. The third-order valence-electron chi connectivity index (χ3n) is 6.23. The van der Waals surface area contributed by atoms with E-state index in [2.05, 4.69) is 31.1 Å². The van der Waals surface area contributed by atoms with E-state index in [9.17, 15) is 14.4 Å². The van der Waals surface area contributed by atoms with Crippen molar-refractivity contribution in [1.29, 1.82) is 0 Å². The molecule has 1 unspecified atom stereocenters. The van der Waals surface area contributed by atoms with Gasteiger partial charge in [0.2, 0.25) is 5.91 Å². The van der Waals surface area contributed by atoms with Crippen LogP contribution in [0.4, 0.5) is 15.6 Å². The Morgan fingerprint density at radius 1 is 1.14 bits per heavy atom. The van der Waals surface area contributed by atoms with Crippen molar-refractivity contribution in [3.63, 3.8) is 0 Å². The zero-order chi connectivity index (χ0) is 25.5. The molecule has 8 heteroatoms. The van der Waals surface area contributed by atoms with E-state index in [4.69, 9.17) is 0 Å². The Hall–Kier alpha value is -3.52. The lowest BCUT2D eigenvalue weighted by molar-refractivity contribution is -0.131. The van der Waals surface area contributed by atoms with E-state index in [1.807, 2.05) is 55.5 Å². The van der Waals surface area contributed by atoms with Crippen LogP contribution in [0, 0.1) is 6.92 Å². The molecular weight excluding hydrogens is 460 g/mol. The second kappa shape index (κ2) is 8.92. The minimum atomic E-state index is -1.15. The third kappa shape index (κ3) is 4.71. The fourth-order valence-corrected chi connectivity index (χ4v) is 5.05. The number of aromatic nitrogens is 1. The van der Waals surface area contributed by atoms with Gasteiger partial charge in [0.1, 0.15) is 5.54 Å². The number of thiazole rings is 1. The molecule has 1 N–H and O–H groups in total. The maximum absolute atomic E-state index is 13.4. The number of urea groups is 1. The van der Waals surface area contributed by atoms with Crippen LogP contribution >= 0.6 is 11.3 Å². The van der Waals surface area contributed by atoms with Crippen molar-refractivity contribution < 1.29 is 14.4 Å². The van der Waals surface area contributed by atoms with Gasteiger partial charge in [0, 0.05) is 12.3 Å². The summed E-state index contributed by atoms with van der Waals surface area (Å²) in [6.45, 7) is 11.6. The number of carbonyl (C=O) groups excluding carboxylic acids is 3. The van der Waals surface area contributed by atoms with Gasteiger partial charge in [0.15, 0.2) is 5.13 Å². The van der Waals surface area contributed by atoms with E-state index >= 15 is 0 Å². The van der Waals surface area contributed by atoms with Gasteiger partial charge in [0.05, 0.1) is 17.9 Å². The normalized spacial score (nSPS) is 18.1. The summed E-state index contributed by atoms with van der Waals surface area (Å²) in [5, 5.41) is 5.12. The Balaban J connectivity index is 1.56. The first kappa shape index (κ1) is 24.6. The monoisotopic (exact) mass is 490 g/mol. The van der Waals surface area contributed by atoms with E-state index < -0.39 is 11.6 Å². The Morgan fingerprint density at radius 3 is 2.43 bits per heavy atom. The molecular formula is C27H30N4O3S. The van der Waals surface area contributed by atoms with E-state index in [0.717, 1.165) is 22.4 Å². The molecule has 1 aliphatic heterocycles. The Labute approximate surface area is 209 Å². The van der Waals surface area contributed by atoms with Gasteiger partial charge in [-0.25, -0.2) is 9.78 Å². The molecule has 3 aromatic rings. The molecule has 1 aliphatic rings. The van der Waals surface area contributed by atoms with Crippen LogP contribution in [0.1, 0.15) is 57.0 Å². The van der Waals surface area contributed by atoms with Crippen molar-refractivity contribution in [1.82, 2.24) is 15.2 Å². The number of nitrogens with one attached hydrogen (secondary N) is 1. The van der Waals surface area contributed by atoms with Crippen molar-refractivity contribution in [2.24, 2.45) is 0 Å². The molecule has 1 fully saturated rings. The summed E-state index contributed by atoms with van der Waals surface area (Å²) < 4.78 is 0. The van der Waals surface area contributed by atoms with E-state index in [1.165, 1.54) is 28.1 Å². The van der Waals surface area contributed by atoms with Crippen molar-refractivity contribution in [3.8, 4) is 0 Å². The van der Waals surface area contributed by atoms with Crippen LogP contribution < -0.4 is 10.2 Å². The fourth-order valence-electron chi connectivity index (χ4n) is 4.17. The van der Waals surface area contributed by atoms with Crippen LogP contribution in [0.15, 0.2) is 53.9 Å². The number of imide groups is 1. The third-order valence-corrected chi connectivity index (χ3v) is 7.10. The number of rotatable bonds is 5. The zero-order valence-corrected chi connectivity index (χ0v) is 21.7. The smallest absolute Gasteiger partial charge is 0.319 e. The summed E-state index contributed by atoms with van der Waals surface area (Å²) in [5.74, 6) is -0.500. The van der Waals surface area contributed by atoms with Gasteiger partial charge < -0.3 is 5.32 Å². The summed E-state index contributed by atoms with van der Waals surface area (Å²) in [6.07, 6.45) is 0. The highest BCUT2D eigenvalue weighted by molar-refractivity contribution is 7.14. The summed E-state index contributed by atoms with van der Waals surface area (Å²) in [6, 6.07) is 14.9. The quantitative estimate of drug-likeness (QED) is 0.486. The molecule has 35 heavy (non-hydrogen) atoms. The fraction of sp³-hybridized carbons (Fsp3) is 0.333. The number of aryl methyl sites for hydroxylation is 1. The number of carbonyl (C=O) groups is 3. The van der Waals surface area contributed by atoms with Gasteiger partial charge in [-0.2, -0.15) is 0 Å². The SMILES string of the molecule is CC(=O)N(c1cccc(C)c1)c1nc(CN2C(=O)NC(C)(c3ccc(C(C)(C)C)cc3)C2=O)cs1. The molecule has 1 aromatic heterocycles. The molecule has 0 spiro atoms. The molecule has 0 radical (unpaired) electrons. The summed E-state index contributed by atoms with van der Waals surface area (Å²) in [4.78, 5) is 45.9. The number of hydrogen-bond acceptors (Lipinski definition) is 5. The standard InChI is InChI=1S/C27H30N4O3S/c1-17-8-7-9-22(14-17)31(18(2)32)25-28-21(16-35-25)15-30-23(33)27(6,29-24(30)34)20-12-10-19(11-13-20)26(3,4)5/h7-14,16H,15H2,1-6H3,(H,29,34). The number of nitrogens with zero attached hydrogens (tertiary/aromatic N) is 3. The Bertz CT molecular complexity index is 1290. The average Bonchev–Trinajstić information content (AvgIpc) is 3.32. The van der Waals surface area contributed by atoms with Gasteiger partial charge in [-0.1, -0.05) is 57.2 Å². The molecule has 1 atom stereocenters. The molecule has 4 rings (SSSR count). The van der Waals surface area contributed by atoms with Crippen LogP contribution in [0.5, 0.6) is 0 Å². The van der Waals surface area contributed by atoms with Crippen LogP contribution in [0.2, 0.25) is 0 Å². The molecule has 1 saturated heterocycles. The topological polar surface area (TPSA) is 82.6 Å². The molecule has 2 aromatic carbocycles. The van der Waals surface area contributed by atoms with Crippen molar-refractivity contribution in [2.45, 2.75) is 59.0 Å². The number of amides is 4. The predicted octanol–water partition coefficient (Wildman–Crippen LogP) is 5.40. The average molecular weight is 491 g/mol. The maximum Gasteiger partial charge on any atom is 0.325 e. The van der Waals surface area contributed by atoms with Gasteiger partial charge in [-0.3, -0.25) is 19.4 Å². The molecule has 0 aliphatic carbocycles. The Kier molecular flexibility index (Phi) is 6.27. The largest absolute Gasteiger partial charge is 0.325 e. The van der Waals surface area contributed by atoms with Gasteiger partial charge in [-0.15, -0.1) is 11.3 Å². The first-order valence-corrected chi connectivity index (χ1v) is 12.3. The van der Waals surface area contributed by atoms with Gasteiger partial charge >= 0.3 is 6.03 Å². The van der Waals surface area contributed by atoms with E-state index in [-0.39, 0.29) is 23.8 Å². The van der Waals surface area contributed by atoms with Crippen molar-refractivity contribution >= 4 is 40.0 Å². The molecule has 2 heterocycles. The molecule has 7 nitrogen and oxygen atoms in total.